The molecule has 0 fully saturated rings. The van der Waals surface area contributed by atoms with E-state index in [4.69, 9.17) is 4.74 Å². The van der Waals surface area contributed by atoms with Gasteiger partial charge >= 0.3 is 0 Å². The molecule has 3 aromatic carbocycles. The Hall–Kier alpha value is -3.92. The number of anilines is 1. The second kappa shape index (κ2) is 13.8. The van der Waals surface area contributed by atoms with Crippen LogP contribution in [-0.4, -0.2) is 49.9 Å². The lowest BCUT2D eigenvalue weighted by Gasteiger charge is -2.34. The number of ether oxygens (including phenoxy) is 1. The first-order valence-corrected chi connectivity index (χ1v) is 15.4. The molecular weight excluding hydrogens is 557 g/mol. The van der Waals surface area contributed by atoms with Gasteiger partial charge in [-0.25, -0.2) is 12.8 Å². The Labute approximate surface area is 248 Å². The molecule has 0 aliphatic carbocycles. The quantitative estimate of drug-likeness (QED) is 0.300. The van der Waals surface area contributed by atoms with E-state index < -0.39 is 39.9 Å². The Morgan fingerprint density at radius 1 is 0.976 bits per heavy atom. The summed E-state index contributed by atoms with van der Waals surface area (Å²) in [6.45, 7) is 11.1. The average Bonchev–Trinajstić information content (AvgIpc) is 2.91. The molecule has 0 radical (unpaired) electrons. The Morgan fingerprint density at radius 2 is 1.62 bits per heavy atom. The maximum atomic E-state index is 14.1. The van der Waals surface area contributed by atoms with E-state index >= 15 is 0 Å². The van der Waals surface area contributed by atoms with Gasteiger partial charge in [-0.3, -0.25) is 13.9 Å². The molecule has 42 heavy (non-hydrogen) atoms. The van der Waals surface area contributed by atoms with Crippen molar-refractivity contribution in [2.45, 2.75) is 71.0 Å². The van der Waals surface area contributed by atoms with Gasteiger partial charge in [0, 0.05) is 12.1 Å². The highest BCUT2D eigenvalue weighted by Crippen LogP contribution is 2.27. The van der Waals surface area contributed by atoms with Crippen LogP contribution in [0, 0.1) is 12.7 Å². The number of sulfonamides is 1. The molecule has 8 nitrogen and oxygen atoms in total. The summed E-state index contributed by atoms with van der Waals surface area (Å²) in [5.41, 5.74) is 1.48. The number of nitrogens with zero attached hydrogens (tertiary/aromatic N) is 2. The zero-order valence-electron chi connectivity index (χ0n) is 25.1. The van der Waals surface area contributed by atoms with E-state index in [1.54, 1.807) is 24.3 Å². The lowest BCUT2D eigenvalue weighted by molar-refractivity contribution is -0.141. The number of aryl methyl sites for hydroxylation is 1. The predicted octanol–water partition coefficient (Wildman–Crippen LogP) is 5.45. The molecule has 3 rings (SSSR count). The van der Waals surface area contributed by atoms with Crippen molar-refractivity contribution in [2.24, 2.45) is 0 Å². The monoisotopic (exact) mass is 597 g/mol. The number of benzene rings is 3. The van der Waals surface area contributed by atoms with Gasteiger partial charge in [-0.15, -0.1) is 0 Å². The molecule has 0 saturated heterocycles. The van der Waals surface area contributed by atoms with Crippen LogP contribution in [0.25, 0.3) is 0 Å². The highest BCUT2D eigenvalue weighted by molar-refractivity contribution is 7.92. The van der Waals surface area contributed by atoms with E-state index in [0.29, 0.717) is 18.8 Å². The minimum Gasteiger partial charge on any atom is -0.494 e. The van der Waals surface area contributed by atoms with Gasteiger partial charge in [0.1, 0.15) is 24.2 Å². The van der Waals surface area contributed by atoms with Crippen molar-refractivity contribution in [1.29, 1.82) is 0 Å². The highest BCUT2D eigenvalue weighted by atomic mass is 32.2. The van der Waals surface area contributed by atoms with Crippen molar-refractivity contribution < 1.29 is 27.1 Å². The minimum atomic E-state index is -4.31. The largest absolute Gasteiger partial charge is 0.494 e. The van der Waals surface area contributed by atoms with E-state index in [1.807, 2.05) is 65.8 Å². The maximum Gasteiger partial charge on any atom is 0.264 e. The first-order chi connectivity index (χ1) is 19.7. The van der Waals surface area contributed by atoms with Crippen molar-refractivity contribution >= 4 is 27.5 Å². The summed E-state index contributed by atoms with van der Waals surface area (Å²) in [5, 5.41) is 2.95. The molecule has 0 unspecified atom stereocenters. The zero-order chi connectivity index (χ0) is 31.1. The number of hydrogen-bond donors (Lipinski definition) is 1. The van der Waals surface area contributed by atoms with Gasteiger partial charge in [-0.05, 0) is 95.1 Å². The number of carbonyl (C=O) groups is 2. The summed E-state index contributed by atoms with van der Waals surface area (Å²) in [6.07, 6.45) is 0.313. The summed E-state index contributed by atoms with van der Waals surface area (Å²) < 4.78 is 47.9. The fraction of sp³-hybridized carbons (Fsp3) is 0.375. The molecule has 0 aliphatic rings. The predicted molar refractivity (Wildman–Crippen MR) is 162 cm³/mol. The van der Waals surface area contributed by atoms with Gasteiger partial charge in [-0.1, -0.05) is 36.8 Å². The van der Waals surface area contributed by atoms with Crippen LogP contribution >= 0.6 is 0 Å². The fourth-order valence-corrected chi connectivity index (χ4v) is 5.93. The lowest BCUT2D eigenvalue weighted by Crippen LogP contribution is -2.55. The number of rotatable bonds is 12. The summed E-state index contributed by atoms with van der Waals surface area (Å²) in [5.74, 6) is -0.942. The molecule has 0 bridgehead atoms. The third kappa shape index (κ3) is 8.55. The number of nitrogens with one attached hydrogen (secondary N) is 1. The van der Waals surface area contributed by atoms with Crippen LogP contribution in [0.1, 0.15) is 52.2 Å². The fourth-order valence-electron chi connectivity index (χ4n) is 4.52. The summed E-state index contributed by atoms with van der Waals surface area (Å²) in [7, 11) is -4.31. The molecular formula is C32H40FN3O5S. The summed E-state index contributed by atoms with van der Waals surface area (Å²) in [6, 6.07) is 17.5. The third-order valence-electron chi connectivity index (χ3n) is 6.44. The first kappa shape index (κ1) is 32.6. The van der Waals surface area contributed by atoms with Gasteiger partial charge in [0.15, 0.2) is 0 Å². The van der Waals surface area contributed by atoms with Gasteiger partial charge in [0.25, 0.3) is 10.0 Å². The van der Waals surface area contributed by atoms with Gasteiger partial charge in [-0.2, -0.15) is 0 Å². The molecule has 226 valence electrons. The molecule has 0 saturated carbocycles. The van der Waals surface area contributed by atoms with E-state index in [0.717, 1.165) is 39.7 Å². The SMILES string of the molecule is CCOc1ccc(N(CC(=O)N(Cc2cccc(C)c2)[C@@H](CC)C(=O)NC(C)(C)C)S(=O)(=O)c2ccc(F)cc2)cc1. The summed E-state index contributed by atoms with van der Waals surface area (Å²) >= 11 is 0. The molecule has 0 spiro atoms. The molecule has 0 aromatic heterocycles. The standard InChI is InChI=1S/C32H40FN3O5S/c1-7-29(31(38)34-32(4,5)6)35(21-24-11-9-10-23(3)20-24)30(37)22-36(26-14-16-27(17-15-26)41-8-2)42(39,40)28-18-12-25(33)13-19-28/h9-20,29H,7-8,21-22H2,1-6H3,(H,34,38)/t29-/m0/s1. The normalized spacial score (nSPS) is 12.4. The molecule has 1 N–H and O–H groups in total. The maximum absolute atomic E-state index is 14.1. The van der Waals surface area contributed by atoms with Gasteiger partial charge < -0.3 is 15.0 Å². The molecule has 0 aliphatic heterocycles. The van der Waals surface area contributed by atoms with E-state index in [1.165, 1.54) is 4.90 Å². The Bertz CT molecular complexity index is 1470. The summed E-state index contributed by atoms with van der Waals surface area (Å²) in [4.78, 5) is 28.8. The van der Waals surface area contributed by atoms with Crippen molar-refractivity contribution in [3.8, 4) is 5.75 Å². The smallest absolute Gasteiger partial charge is 0.264 e. The molecule has 3 aromatic rings. The Balaban J connectivity index is 2.08. The Kier molecular flexibility index (Phi) is 10.7. The second-order valence-corrected chi connectivity index (χ2v) is 12.9. The van der Waals surface area contributed by atoms with Crippen LogP contribution in [0.4, 0.5) is 10.1 Å². The van der Waals surface area contributed by atoms with Crippen LogP contribution in [0.2, 0.25) is 0 Å². The van der Waals surface area contributed by atoms with Crippen LogP contribution in [-0.2, 0) is 26.2 Å². The van der Waals surface area contributed by atoms with E-state index in [-0.39, 0.29) is 23.0 Å². The van der Waals surface area contributed by atoms with Crippen LogP contribution in [0.15, 0.2) is 77.7 Å². The van der Waals surface area contributed by atoms with Crippen molar-refractivity contribution in [3.05, 3.63) is 89.7 Å². The van der Waals surface area contributed by atoms with E-state index in [2.05, 4.69) is 5.32 Å². The molecule has 10 heteroatoms. The first-order valence-electron chi connectivity index (χ1n) is 13.9. The minimum absolute atomic E-state index is 0.101. The van der Waals surface area contributed by atoms with Crippen LogP contribution in [0.5, 0.6) is 5.75 Å². The number of halogens is 1. The molecule has 0 heterocycles. The van der Waals surface area contributed by atoms with Crippen molar-refractivity contribution in [1.82, 2.24) is 10.2 Å². The molecule has 2 amide bonds. The number of hydrogen-bond acceptors (Lipinski definition) is 5. The lowest BCUT2D eigenvalue weighted by atomic mass is 10.0. The molecule has 1 atom stereocenters. The van der Waals surface area contributed by atoms with Crippen LogP contribution in [0.3, 0.4) is 0 Å². The number of carbonyl (C=O) groups excluding carboxylic acids is 2. The highest BCUT2D eigenvalue weighted by Gasteiger charge is 2.34. The topological polar surface area (TPSA) is 96.0 Å². The van der Waals surface area contributed by atoms with Crippen molar-refractivity contribution in [3.63, 3.8) is 0 Å². The van der Waals surface area contributed by atoms with Crippen molar-refractivity contribution in [2.75, 3.05) is 17.5 Å². The van der Waals surface area contributed by atoms with Crippen LogP contribution < -0.4 is 14.4 Å². The second-order valence-electron chi connectivity index (χ2n) is 11.1. The zero-order valence-corrected chi connectivity index (χ0v) is 25.9. The average molecular weight is 598 g/mol. The number of amides is 2. The van der Waals surface area contributed by atoms with E-state index in [9.17, 15) is 22.4 Å². The van der Waals surface area contributed by atoms with Gasteiger partial charge in [0.05, 0.1) is 17.2 Å². The van der Waals surface area contributed by atoms with Gasteiger partial charge in [0.2, 0.25) is 11.8 Å². The third-order valence-corrected chi connectivity index (χ3v) is 8.22. The Morgan fingerprint density at radius 3 is 2.17 bits per heavy atom.